The molecule has 7 heteroatoms. The quantitative estimate of drug-likeness (QED) is 0.560. The van der Waals surface area contributed by atoms with E-state index in [1.54, 1.807) is 23.9 Å². The summed E-state index contributed by atoms with van der Waals surface area (Å²) in [5.74, 6) is 3.25. The van der Waals surface area contributed by atoms with Gasteiger partial charge in [0.1, 0.15) is 0 Å². The number of rotatable bonds is 4. The highest BCUT2D eigenvalue weighted by molar-refractivity contribution is 8.13. The molecular weight excluding hydrogens is 374 g/mol. The van der Waals surface area contributed by atoms with Crippen LogP contribution in [-0.2, 0) is 10.5 Å². The van der Waals surface area contributed by atoms with Crippen LogP contribution in [0, 0.1) is 33.3 Å². The van der Waals surface area contributed by atoms with Gasteiger partial charge in [0.05, 0.1) is 16.9 Å². The molecule has 0 N–H and O–H groups in total. The molecule has 0 unspecified atom stereocenters. The van der Waals surface area contributed by atoms with Crippen LogP contribution in [0.1, 0.15) is 44.1 Å². The Hall–Kier alpha value is -1.89. The van der Waals surface area contributed by atoms with Crippen LogP contribution < -0.4 is 0 Å². The molecule has 0 radical (unpaired) electrons. The summed E-state index contributed by atoms with van der Waals surface area (Å²) in [5.41, 5.74) is 0.978. The third-order valence-electron chi connectivity index (χ3n) is 7.05. The molecule has 4 saturated carbocycles. The number of amides is 1. The summed E-state index contributed by atoms with van der Waals surface area (Å²) in [7, 11) is 0. The average Bonchev–Trinajstić information content (AvgIpc) is 3.13. The van der Waals surface area contributed by atoms with E-state index in [9.17, 15) is 14.9 Å². The van der Waals surface area contributed by atoms with Gasteiger partial charge in [0.15, 0.2) is 5.17 Å². The van der Waals surface area contributed by atoms with Crippen molar-refractivity contribution in [2.45, 2.75) is 44.3 Å². The lowest BCUT2D eigenvalue weighted by Crippen LogP contribution is -2.55. The number of hydrogen-bond donors (Lipinski definition) is 0. The van der Waals surface area contributed by atoms with E-state index < -0.39 is 0 Å². The van der Waals surface area contributed by atoms with Crippen molar-refractivity contribution < 1.29 is 9.72 Å². The lowest BCUT2D eigenvalue weighted by atomic mass is 9.49. The van der Waals surface area contributed by atoms with Gasteiger partial charge in [0.25, 0.3) is 5.69 Å². The fraction of sp³-hybridized carbons (Fsp3) is 0.619. The Morgan fingerprint density at radius 1 is 1.14 bits per heavy atom. The van der Waals surface area contributed by atoms with Gasteiger partial charge in [-0.2, -0.15) is 0 Å². The summed E-state index contributed by atoms with van der Waals surface area (Å²) in [6.45, 7) is 1.38. The van der Waals surface area contributed by atoms with Gasteiger partial charge in [0, 0.05) is 24.4 Å². The Labute approximate surface area is 168 Å². The van der Waals surface area contributed by atoms with Crippen LogP contribution in [0.3, 0.4) is 0 Å². The Kier molecular flexibility index (Phi) is 4.45. The minimum Gasteiger partial charge on any atom is -0.289 e. The zero-order valence-corrected chi connectivity index (χ0v) is 16.7. The van der Waals surface area contributed by atoms with Gasteiger partial charge in [-0.3, -0.25) is 24.8 Å². The number of thioether (sulfide) groups is 1. The number of carbonyl (C=O) groups is 1. The molecule has 1 heterocycles. The van der Waals surface area contributed by atoms with Crippen LogP contribution in [0.25, 0.3) is 0 Å². The van der Waals surface area contributed by atoms with Crippen molar-refractivity contribution in [3.63, 3.8) is 0 Å². The average molecular weight is 400 g/mol. The summed E-state index contributed by atoms with van der Waals surface area (Å²) >= 11 is 1.58. The van der Waals surface area contributed by atoms with E-state index in [0.29, 0.717) is 24.7 Å². The third-order valence-corrected chi connectivity index (χ3v) is 8.14. The molecule has 5 aliphatic rings. The number of amidine groups is 1. The number of nitro benzene ring substituents is 1. The van der Waals surface area contributed by atoms with Gasteiger partial charge in [-0.15, -0.1) is 0 Å². The van der Waals surface area contributed by atoms with Gasteiger partial charge in [0.2, 0.25) is 5.91 Å². The van der Waals surface area contributed by atoms with E-state index in [2.05, 4.69) is 4.99 Å². The first kappa shape index (κ1) is 18.2. The van der Waals surface area contributed by atoms with E-state index >= 15 is 0 Å². The number of non-ortho nitro benzene ring substituents is 1. The number of aliphatic imine (C=N–C) groups is 1. The van der Waals surface area contributed by atoms with Crippen molar-refractivity contribution in [2.75, 3.05) is 13.1 Å². The van der Waals surface area contributed by atoms with Crippen LogP contribution in [0.2, 0.25) is 0 Å². The van der Waals surface area contributed by atoms with E-state index in [-0.39, 0.29) is 16.0 Å². The first-order valence-electron chi connectivity index (χ1n) is 10.2. The fourth-order valence-corrected chi connectivity index (χ4v) is 7.26. The van der Waals surface area contributed by atoms with Gasteiger partial charge in [-0.25, -0.2) is 0 Å². The largest absolute Gasteiger partial charge is 0.289 e. The first-order chi connectivity index (χ1) is 13.5. The highest BCUT2D eigenvalue weighted by atomic mass is 32.2. The van der Waals surface area contributed by atoms with E-state index in [4.69, 9.17) is 0 Å². The predicted molar refractivity (Wildman–Crippen MR) is 109 cm³/mol. The number of carbonyl (C=O) groups excluding carboxylic acids is 1. The molecule has 6 nitrogen and oxygen atoms in total. The molecule has 1 aromatic carbocycles. The lowest BCUT2D eigenvalue weighted by Gasteiger charge is -2.56. The standard InChI is InChI=1S/C21H25N3O3S/c25-19(21-10-15-7-16(11-21)9-17(8-15)12-21)23-6-5-22-20(23)28-13-14-1-3-18(4-2-14)24(26)27/h1-4,15-17H,5-13H2. The number of hydrogen-bond acceptors (Lipinski definition) is 5. The summed E-state index contributed by atoms with van der Waals surface area (Å²) in [6.07, 6.45) is 7.24. The second-order valence-corrected chi connectivity index (χ2v) is 9.97. The van der Waals surface area contributed by atoms with Crippen LogP contribution in [0.5, 0.6) is 0 Å². The minimum atomic E-state index is -0.385. The minimum absolute atomic E-state index is 0.102. The fourth-order valence-electron chi connectivity index (χ4n) is 6.26. The van der Waals surface area contributed by atoms with E-state index in [1.807, 2.05) is 4.90 Å². The van der Waals surface area contributed by atoms with Crippen molar-refractivity contribution in [2.24, 2.45) is 28.2 Å². The van der Waals surface area contributed by atoms with Crippen LogP contribution in [0.4, 0.5) is 5.69 Å². The number of nitro groups is 1. The second-order valence-electron chi connectivity index (χ2n) is 9.03. The number of benzene rings is 1. The Balaban J connectivity index is 1.26. The lowest BCUT2D eigenvalue weighted by molar-refractivity contribution is -0.384. The third kappa shape index (κ3) is 3.13. The molecule has 0 atom stereocenters. The highest BCUT2D eigenvalue weighted by Crippen LogP contribution is 2.60. The van der Waals surface area contributed by atoms with Crippen molar-refractivity contribution in [3.8, 4) is 0 Å². The van der Waals surface area contributed by atoms with Crippen LogP contribution in [-0.4, -0.2) is 34.0 Å². The molecule has 148 valence electrons. The maximum Gasteiger partial charge on any atom is 0.269 e. The van der Waals surface area contributed by atoms with Crippen molar-refractivity contribution in [1.82, 2.24) is 4.90 Å². The zero-order chi connectivity index (χ0) is 19.3. The van der Waals surface area contributed by atoms with Gasteiger partial charge < -0.3 is 0 Å². The van der Waals surface area contributed by atoms with E-state index in [1.165, 1.54) is 31.4 Å². The summed E-state index contributed by atoms with van der Waals surface area (Å²) in [4.78, 5) is 30.6. The topological polar surface area (TPSA) is 75.8 Å². The summed E-state index contributed by atoms with van der Waals surface area (Å²) in [5, 5.41) is 11.6. The molecule has 0 aromatic heterocycles. The molecule has 4 fully saturated rings. The molecule has 4 bridgehead atoms. The van der Waals surface area contributed by atoms with Gasteiger partial charge in [-0.05, 0) is 61.8 Å². The predicted octanol–water partition coefficient (Wildman–Crippen LogP) is 4.24. The zero-order valence-electron chi connectivity index (χ0n) is 15.9. The first-order valence-corrected chi connectivity index (χ1v) is 11.2. The van der Waals surface area contributed by atoms with Gasteiger partial charge >= 0.3 is 0 Å². The molecule has 4 aliphatic carbocycles. The van der Waals surface area contributed by atoms with Crippen molar-refractivity contribution in [3.05, 3.63) is 39.9 Å². The van der Waals surface area contributed by atoms with Crippen molar-refractivity contribution in [1.29, 1.82) is 0 Å². The summed E-state index contributed by atoms with van der Waals surface area (Å²) < 4.78 is 0. The Bertz CT molecular complexity index is 801. The van der Waals surface area contributed by atoms with Crippen LogP contribution >= 0.6 is 11.8 Å². The molecule has 1 aromatic rings. The number of nitrogens with zero attached hydrogens (tertiary/aromatic N) is 3. The molecule has 1 aliphatic heterocycles. The smallest absolute Gasteiger partial charge is 0.269 e. The molecule has 1 amide bonds. The maximum atomic E-state index is 13.6. The Morgan fingerprint density at radius 3 is 2.32 bits per heavy atom. The highest BCUT2D eigenvalue weighted by Gasteiger charge is 2.56. The Morgan fingerprint density at radius 2 is 1.75 bits per heavy atom. The SMILES string of the molecule is O=C(N1CCN=C1SCc1ccc([N+](=O)[O-])cc1)C12CC3CC(CC(C3)C1)C2. The monoisotopic (exact) mass is 399 g/mol. The van der Waals surface area contributed by atoms with Gasteiger partial charge in [-0.1, -0.05) is 23.9 Å². The second kappa shape index (κ2) is 6.87. The van der Waals surface area contributed by atoms with E-state index in [0.717, 1.165) is 47.7 Å². The molecule has 0 spiro atoms. The van der Waals surface area contributed by atoms with Crippen LogP contribution in [0.15, 0.2) is 29.3 Å². The van der Waals surface area contributed by atoms with Crippen molar-refractivity contribution >= 4 is 28.5 Å². The molecular formula is C21H25N3O3S. The molecule has 28 heavy (non-hydrogen) atoms. The maximum absolute atomic E-state index is 13.6. The normalized spacial score (nSPS) is 33.2. The molecule has 0 saturated heterocycles. The summed E-state index contributed by atoms with van der Waals surface area (Å²) in [6, 6.07) is 6.63. The molecule has 6 rings (SSSR count).